The molecule has 3 aromatic heterocycles. The largest absolute Gasteiger partial charge is 0.497 e. The van der Waals surface area contributed by atoms with Gasteiger partial charge in [-0.25, -0.2) is 0 Å². The number of H-pyrrole nitrogens is 1. The van der Waals surface area contributed by atoms with Gasteiger partial charge in [-0.3, -0.25) is 9.78 Å². The number of rotatable bonds is 6. The molecule has 1 N–H and O–H groups in total. The summed E-state index contributed by atoms with van der Waals surface area (Å²) in [5, 5.41) is 3.02. The van der Waals surface area contributed by atoms with Crippen molar-refractivity contribution in [3.05, 3.63) is 75.7 Å². The number of nitrogens with zero attached hydrogens (tertiary/aromatic N) is 1. The molecule has 0 fully saturated rings. The SMILES string of the molecule is COc1ccc2c(OCCc3cc(-c4cc(C)cs4)c[nH]c3=O)ccnc2c1. The van der Waals surface area contributed by atoms with Crippen molar-refractivity contribution in [3.8, 4) is 21.9 Å². The zero-order valence-electron chi connectivity index (χ0n) is 15.7. The average Bonchev–Trinajstić information content (AvgIpc) is 3.15. The van der Waals surface area contributed by atoms with Crippen molar-refractivity contribution in [2.45, 2.75) is 13.3 Å². The van der Waals surface area contributed by atoms with Gasteiger partial charge in [0.2, 0.25) is 0 Å². The van der Waals surface area contributed by atoms with E-state index in [-0.39, 0.29) is 5.56 Å². The third-order valence-corrected chi connectivity index (χ3v) is 5.63. The highest BCUT2D eigenvalue weighted by molar-refractivity contribution is 7.13. The van der Waals surface area contributed by atoms with E-state index in [0.717, 1.165) is 32.8 Å². The Morgan fingerprint density at radius 2 is 2.07 bits per heavy atom. The number of aryl methyl sites for hydroxylation is 1. The van der Waals surface area contributed by atoms with Crippen molar-refractivity contribution < 1.29 is 9.47 Å². The van der Waals surface area contributed by atoms with Crippen LogP contribution in [0, 0.1) is 6.92 Å². The van der Waals surface area contributed by atoms with E-state index in [1.807, 2.05) is 30.3 Å². The topological polar surface area (TPSA) is 64.2 Å². The Morgan fingerprint density at radius 3 is 2.86 bits per heavy atom. The van der Waals surface area contributed by atoms with E-state index in [4.69, 9.17) is 9.47 Å². The van der Waals surface area contributed by atoms with Crippen LogP contribution in [-0.4, -0.2) is 23.7 Å². The summed E-state index contributed by atoms with van der Waals surface area (Å²) in [6.45, 7) is 2.47. The van der Waals surface area contributed by atoms with Gasteiger partial charge in [-0.15, -0.1) is 11.3 Å². The number of benzene rings is 1. The number of aromatic nitrogens is 2. The van der Waals surface area contributed by atoms with E-state index in [2.05, 4.69) is 28.3 Å². The van der Waals surface area contributed by atoms with E-state index in [1.54, 1.807) is 30.8 Å². The summed E-state index contributed by atoms with van der Waals surface area (Å²) in [6, 6.07) is 11.6. The molecule has 0 radical (unpaired) electrons. The Morgan fingerprint density at radius 1 is 1.18 bits per heavy atom. The minimum absolute atomic E-state index is 0.0787. The number of fused-ring (bicyclic) bond motifs is 1. The number of nitrogens with one attached hydrogen (secondary N) is 1. The number of methoxy groups -OCH3 is 1. The molecule has 28 heavy (non-hydrogen) atoms. The number of hydrogen-bond acceptors (Lipinski definition) is 5. The van der Waals surface area contributed by atoms with Crippen molar-refractivity contribution in [1.29, 1.82) is 0 Å². The van der Waals surface area contributed by atoms with Crippen LogP contribution < -0.4 is 15.0 Å². The number of thiophene rings is 1. The second-order valence-corrected chi connectivity index (χ2v) is 7.43. The molecule has 0 saturated heterocycles. The highest BCUT2D eigenvalue weighted by atomic mass is 32.1. The summed E-state index contributed by atoms with van der Waals surface area (Å²) in [6.07, 6.45) is 4.00. The molecule has 4 rings (SSSR count). The standard InChI is InChI=1S/C22H20N2O3S/c1-14-9-21(28-13-14)16-10-15(22(25)24-12-16)6-8-27-20-5-7-23-19-11-17(26-2)3-4-18(19)20/h3-5,7,9-13H,6,8H2,1-2H3,(H,24,25). The quantitative estimate of drug-likeness (QED) is 0.521. The van der Waals surface area contributed by atoms with Crippen molar-refractivity contribution in [2.75, 3.05) is 13.7 Å². The molecule has 142 valence electrons. The van der Waals surface area contributed by atoms with Crippen molar-refractivity contribution in [3.63, 3.8) is 0 Å². The fourth-order valence-corrected chi connectivity index (χ4v) is 3.96. The first-order chi connectivity index (χ1) is 13.6. The van der Waals surface area contributed by atoms with Crippen LogP contribution in [0.25, 0.3) is 21.3 Å². The molecule has 3 heterocycles. The van der Waals surface area contributed by atoms with Crippen molar-refractivity contribution in [2.24, 2.45) is 0 Å². The summed E-state index contributed by atoms with van der Waals surface area (Å²) in [5.74, 6) is 1.50. The number of hydrogen-bond donors (Lipinski definition) is 1. The minimum Gasteiger partial charge on any atom is -0.497 e. The monoisotopic (exact) mass is 392 g/mol. The molecule has 6 heteroatoms. The van der Waals surface area contributed by atoms with Gasteiger partial charge in [0, 0.05) is 46.3 Å². The molecule has 0 atom stereocenters. The Labute approximate surface area is 166 Å². The maximum absolute atomic E-state index is 12.2. The lowest BCUT2D eigenvalue weighted by molar-refractivity contribution is 0.325. The van der Waals surface area contributed by atoms with E-state index < -0.39 is 0 Å². The molecule has 5 nitrogen and oxygen atoms in total. The Bertz CT molecular complexity index is 1180. The lowest BCUT2D eigenvalue weighted by Gasteiger charge is -2.10. The highest BCUT2D eigenvalue weighted by Crippen LogP contribution is 2.28. The van der Waals surface area contributed by atoms with Crippen LogP contribution in [-0.2, 0) is 6.42 Å². The molecule has 0 saturated carbocycles. The molecule has 0 aliphatic rings. The van der Waals surface area contributed by atoms with Crippen LogP contribution in [0.4, 0.5) is 0 Å². The average molecular weight is 392 g/mol. The predicted molar refractivity (Wildman–Crippen MR) is 113 cm³/mol. The molecular formula is C22H20N2O3S. The zero-order chi connectivity index (χ0) is 19.5. The third kappa shape index (κ3) is 3.77. The van der Waals surface area contributed by atoms with Gasteiger partial charge in [0.1, 0.15) is 11.5 Å². The molecule has 1 aromatic carbocycles. The van der Waals surface area contributed by atoms with Crippen LogP contribution >= 0.6 is 11.3 Å². The fraction of sp³-hybridized carbons (Fsp3) is 0.182. The summed E-state index contributed by atoms with van der Waals surface area (Å²) in [7, 11) is 1.63. The van der Waals surface area contributed by atoms with Crippen molar-refractivity contribution in [1.82, 2.24) is 9.97 Å². The van der Waals surface area contributed by atoms with Gasteiger partial charge in [-0.1, -0.05) is 0 Å². The molecule has 0 amide bonds. The van der Waals surface area contributed by atoms with Crippen LogP contribution in [0.1, 0.15) is 11.1 Å². The normalized spacial score (nSPS) is 10.9. The zero-order valence-corrected chi connectivity index (χ0v) is 16.5. The van der Waals surface area contributed by atoms with Crippen LogP contribution in [0.15, 0.2) is 59.0 Å². The Balaban J connectivity index is 1.51. The smallest absolute Gasteiger partial charge is 0.251 e. The lowest BCUT2D eigenvalue weighted by Crippen LogP contribution is -2.15. The first-order valence-corrected chi connectivity index (χ1v) is 9.84. The van der Waals surface area contributed by atoms with Gasteiger partial charge in [0.25, 0.3) is 5.56 Å². The summed E-state index contributed by atoms with van der Waals surface area (Å²) in [5.41, 5.74) is 3.68. The number of aromatic amines is 1. The van der Waals surface area contributed by atoms with Crippen molar-refractivity contribution >= 4 is 22.2 Å². The van der Waals surface area contributed by atoms with E-state index >= 15 is 0 Å². The van der Waals surface area contributed by atoms with E-state index in [0.29, 0.717) is 18.6 Å². The van der Waals surface area contributed by atoms with Crippen LogP contribution in [0.3, 0.4) is 0 Å². The maximum Gasteiger partial charge on any atom is 0.251 e. The number of ether oxygens (including phenoxy) is 2. The molecule has 0 unspecified atom stereocenters. The molecule has 0 aliphatic carbocycles. The molecule has 0 spiro atoms. The second kappa shape index (κ2) is 7.86. The second-order valence-electron chi connectivity index (χ2n) is 6.52. The molecular weight excluding hydrogens is 372 g/mol. The fourth-order valence-electron chi connectivity index (χ4n) is 3.07. The summed E-state index contributed by atoms with van der Waals surface area (Å²) >= 11 is 1.67. The Kier molecular flexibility index (Phi) is 5.12. The number of pyridine rings is 2. The molecule has 4 aromatic rings. The van der Waals surface area contributed by atoms with E-state index in [1.165, 1.54) is 5.56 Å². The molecule has 0 bridgehead atoms. The summed E-state index contributed by atoms with van der Waals surface area (Å²) < 4.78 is 11.2. The van der Waals surface area contributed by atoms with Gasteiger partial charge < -0.3 is 14.5 Å². The van der Waals surface area contributed by atoms with Gasteiger partial charge in [0.05, 0.1) is 19.2 Å². The van der Waals surface area contributed by atoms with Gasteiger partial charge in [-0.2, -0.15) is 0 Å². The minimum atomic E-state index is -0.0787. The first-order valence-electron chi connectivity index (χ1n) is 8.97. The van der Waals surface area contributed by atoms with Crippen LogP contribution in [0.5, 0.6) is 11.5 Å². The van der Waals surface area contributed by atoms with Gasteiger partial charge in [0.15, 0.2) is 0 Å². The molecule has 0 aliphatic heterocycles. The van der Waals surface area contributed by atoms with Gasteiger partial charge in [-0.05, 0) is 48.2 Å². The third-order valence-electron chi connectivity index (χ3n) is 4.53. The van der Waals surface area contributed by atoms with E-state index in [9.17, 15) is 4.79 Å². The first kappa shape index (κ1) is 18.3. The Hall–Kier alpha value is -3.12. The lowest BCUT2D eigenvalue weighted by atomic mass is 10.1. The predicted octanol–water partition coefficient (Wildman–Crippen LogP) is 4.59. The van der Waals surface area contributed by atoms with Crippen LogP contribution in [0.2, 0.25) is 0 Å². The van der Waals surface area contributed by atoms with Gasteiger partial charge >= 0.3 is 0 Å². The maximum atomic E-state index is 12.2. The highest BCUT2D eigenvalue weighted by Gasteiger charge is 2.08. The summed E-state index contributed by atoms with van der Waals surface area (Å²) in [4.78, 5) is 20.5.